The van der Waals surface area contributed by atoms with Gasteiger partial charge in [-0.3, -0.25) is 4.90 Å². The topological polar surface area (TPSA) is 54.2 Å². The molecule has 0 bridgehead atoms. The van der Waals surface area contributed by atoms with Gasteiger partial charge in [0.05, 0.1) is 6.04 Å². The Hall–Kier alpha value is -1.24. The number of thiophene rings is 1. The van der Waals surface area contributed by atoms with E-state index in [4.69, 9.17) is 4.52 Å². The van der Waals surface area contributed by atoms with E-state index in [2.05, 4.69) is 44.9 Å². The molecule has 0 spiro atoms. The smallest absolute Gasteiger partial charge is 0.227 e. The lowest BCUT2D eigenvalue weighted by Crippen LogP contribution is -2.44. The Kier molecular flexibility index (Phi) is 3.91. The highest BCUT2D eigenvalue weighted by molar-refractivity contribution is 7.09. The van der Waals surface area contributed by atoms with E-state index >= 15 is 0 Å². The molecule has 5 nitrogen and oxygen atoms in total. The Bertz CT molecular complexity index is 510. The van der Waals surface area contributed by atoms with E-state index in [-0.39, 0.29) is 6.04 Å². The lowest BCUT2D eigenvalue weighted by Gasteiger charge is -2.30. The summed E-state index contributed by atoms with van der Waals surface area (Å²) in [5.74, 6) is 1.54. The van der Waals surface area contributed by atoms with Gasteiger partial charge in [-0.05, 0) is 24.9 Å². The summed E-state index contributed by atoms with van der Waals surface area (Å²) < 4.78 is 5.35. The van der Waals surface area contributed by atoms with Crippen LogP contribution in [0.25, 0.3) is 0 Å². The van der Waals surface area contributed by atoms with Crippen LogP contribution in [0.2, 0.25) is 0 Å². The van der Waals surface area contributed by atoms with Crippen LogP contribution in [0.15, 0.2) is 22.0 Å². The summed E-state index contributed by atoms with van der Waals surface area (Å²) in [6.45, 7) is 2.93. The minimum absolute atomic E-state index is 0.230. The van der Waals surface area contributed by atoms with Gasteiger partial charge in [-0.1, -0.05) is 11.2 Å². The molecule has 2 aromatic rings. The second-order valence-corrected chi connectivity index (χ2v) is 5.86. The molecule has 1 fully saturated rings. The Morgan fingerprint density at radius 3 is 3.26 bits per heavy atom. The lowest BCUT2D eigenvalue weighted by atomic mass is 10.2. The van der Waals surface area contributed by atoms with Crippen LogP contribution in [0.5, 0.6) is 0 Å². The number of aryl methyl sites for hydroxylation is 2. The van der Waals surface area contributed by atoms with Gasteiger partial charge >= 0.3 is 0 Å². The largest absolute Gasteiger partial charge is 0.339 e. The lowest BCUT2D eigenvalue weighted by molar-refractivity contribution is 0.190. The first-order valence-electron chi connectivity index (χ1n) is 6.59. The van der Waals surface area contributed by atoms with Gasteiger partial charge in [0.25, 0.3) is 0 Å². The molecule has 0 amide bonds. The highest BCUT2D eigenvalue weighted by Gasteiger charge is 2.25. The van der Waals surface area contributed by atoms with Crippen molar-refractivity contribution in [2.45, 2.75) is 18.9 Å². The van der Waals surface area contributed by atoms with E-state index in [0.29, 0.717) is 0 Å². The molecule has 0 aromatic carbocycles. The predicted octanol–water partition coefficient (Wildman–Crippen LogP) is 1.49. The van der Waals surface area contributed by atoms with Gasteiger partial charge < -0.3 is 9.84 Å². The maximum Gasteiger partial charge on any atom is 0.227 e. The highest BCUT2D eigenvalue weighted by Crippen LogP contribution is 2.18. The van der Waals surface area contributed by atoms with E-state index in [1.54, 1.807) is 11.3 Å². The van der Waals surface area contributed by atoms with Gasteiger partial charge in [-0.25, -0.2) is 0 Å². The molecule has 2 aromatic heterocycles. The Morgan fingerprint density at radius 1 is 1.53 bits per heavy atom. The van der Waals surface area contributed by atoms with Gasteiger partial charge in [0, 0.05) is 30.9 Å². The van der Waals surface area contributed by atoms with Gasteiger partial charge in [0.1, 0.15) is 0 Å². The van der Waals surface area contributed by atoms with Crippen LogP contribution in [0.3, 0.4) is 0 Å². The zero-order chi connectivity index (χ0) is 13.1. The average molecular weight is 278 g/mol. The summed E-state index contributed by atoms with van der Waals surface area (Å²) >= 11 is 1.77. The number of hydrogen-bond acceptors (Lipinski definition) is 6. The molecule has 1 atom stereocenters. The molecular formula is C13H18N4OS. The van der Waals surface area contributed by atoms with Crippen LogP contribution in [-0.2, 0) is 12.8 Å². The number of nitrogens with one attached hydrogen (secondary N) is 1. The molecule has 1 unspecified atom stereocenters. The molecular weight excluding hydrogens is 260 g/mol. The molecule has 0 saturated carbocycles. The van der Waals surface area contributed by atoms with Crippen LogP contribution in [-0.4, -0.2) is 41.7 Å². The fraction of sp³-hybridized carbons (Fsp3) is 0.538. The Morgan fingerprint density at radius 2 is 2.47 bits per heavy atom. The number of aromatic nitrogens is 2. The molecule has 1 saturated heterocycles. The number of likely N-dealkylation sites (N-methyl/N-ethyl adjacent to an activating group) is 1. The van der Waals surface area contributed by atoms with Crippen molar-refractivity contribution < 1.29 is 4.52 Å². The van der Waals surface area contributed by atoms with E-state index in [1.165, 1.54) is 4.88 Å². The summed E-state index contributed by atoms with van der Waals surface area (Å²) in [6.07, 6.45) is 1.79. The summed E-state index contributed by atoms with van der Waals surface area (Å²) in [5, 5.41) is 9.59. The predicted molar refractivity (Wildman–Crippen MR) is 74.3 cm³/mol. The maximum absolute atomic E-state index is 5.35. The normalized spacial score (nSPS) is 20.8. The minimum Gasteiger partial charge on any atom is -0.339 e. The minimum atomic E-state index is 0.230. The third kappa shape index (κ3) is 3.02. The van der Waals surface area contributed by atoms with E-state index < -0.39 is 0 Å². The number of piperazine rings is 1. The Labute approximate surface area is 116 Å². The van der Waals surface area contributed by atoms with Crippen molar-refractivity contribution in [3.05, 3.63) is 34.1 Å². The third-order valence-electron chi connectivity index (χ3n) is 3.46. The summed E-state index contributed by atoms with van der Waals surface area (Å²) in [6, 6.07) is 4.44. The molecule has 3 heterocycles. The van der Waals surface area contributed by atoms with Gasteiger partial charge in [0.2, 0.25) is 5.89 Å². The third-order valence-corrected chi connectivity index (χ3v) is 4.39. The maximum atomic E-state index is 5.35. The number of nitrogens with zero attached hydrogens (tertiary/aromatic N) is 3. The molecule has 0 radical (unpaired) electrons. The molecule has 1 N–H and O–H groups in total. The summed E-state index contributed by atoms with van der Waals surface area (Å²) in [7, 11) is 2.10. The molecule has 1 aliphatic rings. The van der Waals surface area contributed by atoms with Crippen molar-refractivity contribution in [2.75, 3.05) is 26.7 Å². The van der Waals surface area contributed by atoms with Crippen molar-refractivity contribution in [3.63, 3.8) is 0 Å². The first kappa shape index (κ1) is 12.8. The average Bonchev–Trinajstić information content (AvgIpc) is 3.08. The van der Waals surface area contributed by atoms with E-state index in [1.807, 2.05) is 0 Å². The summed E-state index contributed by atoms with van der Waals surface area (Å²) in [4.78, 5) is 8.15. The molecule has 102 valence electrons. The number of rotatable bonds is 4. The second-order valence-electron chi connectivity index (χ2n) is 4.83. The molecule has 0 aliphatic carbocycles. The van der Waals surface area contributed by atoms with Crippen LogP contribution in [0.1, 0.15) is 22.6 Å². The highest BCUT2D eigenvalue weighted by atomic mass is 32.1. The fourth-order valence-corrected chi connectivity index (χ4v) is 2.99. The van der Waals surface area contributed by atoms with Crippen LogP contribution in [0.4, 0.5) is 0 Å². The molecule has 6 heteroatoms. The van der Waals surface area contributed by atoms with Gasteiger partial charge in [0.15, 0.2) is 5.82 Å². The second kappa shape index (κ2) is 5.81. The van der Waals surface area contributed by atoms with Crippen LogP contribution >= 0.6 is 11.3 Å². The van der Waals surface area contributed by atoms with Crippen molar-refractivity contribution >= 4 is 11.3 Å². The monoisotopic (exact) mass is 278 g/mol. The SMILES string of the molecule is CN1CCNCC1c1noc(CCc2cccs2)n1. The van der Waals surface area contributed by atoms with Crippen molar-refractivity contribution in [1.29, 1.82) is 0 Å². The van der Waals surface area contributed by atoms with Crippen molar-refractivity contribution in [1.82, 2.24) is 20.4 Å². The van der Waals surface area contributed by atoms with Gasteiger partial charge in [-0.15, -0.1) is 11.3 Å². The van der Waals surface area contributed by atoms with Crippen LogP contribution in [0, 0.1) is 0 Å². The standard InChI is InChI=1S/C13H18N4OS/c1-17-7-6-14-9-11(17)13-15-12(18-16-13)5-4-10-3-2-8-19-10/h2-3,8,11,14H,4-7,9H2,1H3. The quantitative estimate of drug-likeness (QED) is 0.918. The van der Waals surface area contributed by atoms with Crippen LogP contribution < -0.4 is 5.32 Å². The molecule has 1 aliphatic heterocycles. The first-order chi connectivity index (χ1) is 9.33. The number of hydrogen-bond donors (Lipinski definition) is 1. The van der Waals surface area contributed by atoms with Crippen molar-refractivity contribution in [2.24, 2.45) is 0 Å². The fourth-order valence-electron chi connectivity index (χ4n) is 2.28. The summed E-state index contributed by atoms with van der Waals surface area (Å²) in [5.41, 5.74) is 0. The zero-order valence-corrected chi connectivity index (χ0v) is 11.8. The first-order valence-corrected chi connectivity index (χ1v) is 7.47. The molecule has 3 rings (SSSR count). The van der Waals surface area contributed by atoms with E-state index in [9.17, 15) is 0 Å². The van der Waals surface area contributed by atoms with Gasteiger partial charge in [-0.2, -0.15) is 4.98 Å². The van der Waals surface area contributed by atoms with E-state index in [0.717, 1.165) is 44.2 Å². The Balaban J connectivity index is 1.62. The van der Waals surface area contributed by atoms with Crippen molar-refractivity contribution in [3.8, 4) is 0 Å². The molecule has 19 heavy (non-hydrogen) atoms. The zero-order valence-electron chi connectivity index (χ0n) is 11.0.